The van der Waals surface area contributed by atoms with Crippen LogP contribution in [0.2, 0.25) is 0 Å². The number of benzene rings is 2. The first-order valence-electron chi connectivity index (χ1n) is 11.0. The minimum atomic E-state index is -0.388. The summed E-state index contributed by atoms with van der Waals surface area (Å²) in [6.45, 7) is 5.88. The molecule has 0 atom stereocenters. The molecule has 0 saturated carbocycles. The molecule has 0 bridgehead atoms. The van der Waals surface area contributed by atoms with Gasteiger partial charge in [0.05, 0.1) is 25.3 Å². The summed E-state index contributed by atoms with van der Waals surface area (Å²) in [5, 5.41) is 12.5. The van der Waals surface area contributed by atoms with Gasteiger partial charge in [0.25, 0.3) is 11.8 Å². The van der Waals surface area contributed by atoms with E-state index in [1.54, 1.807) is 46.2 Å². The van der Waals surface area contributed by atoms with Crippen molar-refractivity contribution in [2.75, 3.05) is 45.9 Å². The second-order valence-corrected chi connectivity index (χ2v) is 7.40. The molecule has 9 nitrogen and oxygen atoms in total. The molecule has 1 heterocycles. The largest absolute Gasteiger partial charge is 0.507 e. The fraction of sp³-hybridized carbons (Fsp3) is 0.375. The lowest BCUT2D eigenvalue weighted by Crippen LogP contribution is -2.52. The van der Waals surface area contributed by atoms with Crippen LogP contribution in [0.3, 0.4) is 0 Å². The summed E-state index contributed by atoms with van der Waals surface area (Å²) in [7, 11) is 0. The third-order valence-corrected chi connectivity index (χ3v) is 5.26. The maximum absolute atomic E-state index is 12.6. The van der Waals surface area contributed by atoms with Gasteiger partial charge in [-0.1, -0.05) is 12.1 Å². The highest BCUT2D eigenvalue weighted by Gasteiger charge is 2.26. The van der Waals surface area contributed by atoms with E-state index in [-0.39, 0.29) is 35.6 Å². The molecule has 3 rings (SSSR count). The van der Waals surface area contributed by atoms with Crippen molar-refractivity contribution in [1.82, 2.24) is 15.1 Å². The highest BCUT2D eigenvalue weighted by molar-refractivity contribution is 5.98. The van der Waals surface area contributed by atoms with Gasteiger partial charge in [0.15, 0.2) is 11.5 Å². The molecule has 0 spiro atoms. The minimum absolute atomic E-state index is 0.0644. The molecular formula is C24H29N3O6. The molecule has 33 heavy (non-hydrogen) atoms. The van der Waals surface area contributed by atoms with Crippen molar-refractivity contribution in [1.29, 1.82) is 0 Å². The molecule has 2 aromatic rings. The molecule has 0 aliphatic carbocycles. The van der Waals surface area contributed by atoms with Gasteiger partial charge in [-0.25, -0.2) is 0 Å². The van der Waals surface area contributed by atoms with Gasteiger partial charge in [0, 0.05) is 31.7 Å². The highest BCUT2D eigenvalue weighted by atomic mass is 16.5. The fourth-order valence-corrected chi connectivity index (χ4v) is 3.55. The predicted molar refractivity (Wildman–Crippen MR) is 122 cm³/mol. The van der Waals surface area contributed by atoms with E-state index in [0.29, 0.717) is 56.5 Å². The van der Waals surface area contributed by atoms with E-state index in [9.17, 15) is 19.5 Å². The summed E-state index contributed by atoms with van der Waals surface area (Å²) in [6.07, 6.45) is 0. The van der Waals surface area contributed by atoms with E-state index in [1.807, 2.05) is 13.8 Å². The average molecular weight is 456 g/mol. The van der Waals surface area contributed by atoms with E-state index in [0.717, 1.165) is 0 Å². The number of phenols is 1. The lowest BCUT2D eigenvalue weighted by Gasteiger charge is -2.35. The van der Waals surface area contributed by atoms with Gasteiger partial charge in [-0.15, -0.1) is 0 Å². The Morgan fingerprint density at radius 2 is 1.55 bits per heavy atom. The average Bonchev–Trinajstić information content (AvgIpc) is 2.83. The number of amides is 3. The van der Waals surface area contributed by atoms with Crippen molar-refractivity contribution in [2.45, 2.75) is 13.8 Å². The fourth-order valence-electron chi connectivity index (χ4n) is 3.55. The molecule has 2 aromatic carbocycles. The molecule has 3 amide bonds. The number of hydrogen-bond acceptors (Lipinski definition) is 6. The Hall–Kier alpha value is -3.75. The minimum Gasteiger partial charge on any atom is -0.507 e. The van der Waals surface area contributed by atoms with Crippen LogP contribution >= 0.6 is 0 Å². The van der Waals surface area contributed by atoms with Crippen LogP contribution in [0.15, 0.2) is 42.5 Å². The van der Waals surface area contributed by atoms with E-state index in [2.05, 4.69) is 5.32 Å². The van der Waals surface area contributed by atoms with Gasteiger partial charge in [0.1, 0.15) is 5.75 Å². The monoisotopic (exact) mass is 455 g/mol. The molecule has 9 heteroatoms. The smallest absolute Gasteiger partial charge is 0.257 e. The van der Waals surface area contributed by atoms with Crippen molar-refractivity contribution in [2.24, 2.45) is 0 Å². The summed E-state index contributed by atoms with van der Waals surface area (Å²) in [5.41, 5.74) is 0.610. The van der Waals surface area contributed by atoms with E-state index >= 15 is 0 Å². The van der Waals surface area contributed by atoms with Crippen LogP contribution in [0.4, 0.5) is 0 Å². The number of nitrogens with one attached hydrogen (secondary N) is 1. The second-order valence-electron chi connectivity index (χ2n) is 7.40. The van der Waals surface area contributed by atoms with Gasteiger partial charge in [0.2, 0.25) is 5.91 Å². The topological polar surface area (TPSA) is 108 Å². The van der Waals surface area contributed by atoms with Crippen LogP contribution in [0, 0.1) is 0 Å². The first-order chi connectivity index (χ1) is 15.9. The third-order valence-electron chi connectivity index (χ3n) is 5.26. The summed E-state index contributed by atoms with van der Waals surface area (Å²) in [5.74, 6) is 0.0843. The summed E-state index contributed by atoms with van der Waals surface area (Å²) in [6, 6.07) is 11.3. The number of rotatable bonds is 8. The maximum Gasteiger partial charge on any atom is 0.257 e. The van der Waals surface area contributed by atoms with Crippen molar-refractivity contribution in [3.63, 3.8) is 0 Å². The lowest BCUT2D eigenvalue weighted by molar-refractivity contribution is -0.131. The van der Waals surface area contributed by atoms with Crippen molar-refractivity contribution >= 4 is 17.7 Å². The van der Waals surface area contributed by atoms with Gasteiger partial charge in [-0.2, -0.15) is 0 Å². The number of nitrogens with zero attached hydrogens (tertiary/aromatic N) is 2. The summed E-state index contributed by atoms with van der Waals surface area (Å²) in [4.78, 5) is 40.9. The number of para-hydroxylation sites is 1. The number of piperazine rings is 1. The normalized spacial score (nSPS) is 13.4. The number of aromatic hydroxyl groups is 1. The molecule has 2 N–H and O–H groups in total. The number of ether oxygens (including phenoxy) is 2. The molecule has 1 fully saturated rings. The standard InChI is InChI=1S/C24H29N3O6/c1-3-32-20-10-9-17(15-21(20)33-4-2)23(30)25-16-22(29)26-11-13-27(14-12-26)24(31)18-7-5-6-8-19(18)28/h5-10,15,28H,3-4,11-14,16H2,1-2H3,(H,25,30). The Morgan fingerprint density at radius 3 is 2.21 bits per heavy atom. The van der Waals surface area contributed by atoms with E-state index in [1.165, 1.54) is 6.07 Å². The zero-order valence-corrected chi connectivity index (χ0v) is 18.9. The lowest BCUT2D eigenvalue weighted by atomic mass is 10.1. The zero-order valence-electron chi connectivity index (χ0n) is 18.9. The van der Waals surface area contributed by atoms with Crippen LogP contribution in [0.5, 0.6) is 17.2 Å². The number of carbonyl (C=O) groups excluding carboxylic acids is 3. The number of phenolic OH excluding ortho intramolecular Hbond substituents is 1. The molecule has 0 unspecified atom stereocenters. The maximum atomic E-state index is 12.6. The Balaban J connectivity index is 1.51. The highest BCUT2D eigenvalue weighted by Crippen LogP contribution is 2.28. The predicted octanol–water partition coefficient (Wildman–Crippen LogP) is 1.90. The molecule has 0 aromatic heterocycles. The quantitative estimate of drug-likeness (QED) is 0.630. The number of carbonyl (C=O) groups is 3. The molecular weight excluding hydrogens is 426 g/mol. The Labute approximate surface area is 192 Å². The molecule has 1 aliphatic rings. The van der Waals surface area contributed by atoms with Crippen molar-refractivity contribution in [3.8, 4) is 17.2 Å². The Bertz CT molecular complexity index is 1000. The van der Waals surface area contributed by atoms with Gasteiger partial charge in [-0.3, -0.25) is 14.4 Å². The van der Waals surface area contributed by atoms with Gasteiger partial charge in [-0.05, 0) is 44.2 Å². The Kier molecular flexibility index (Phi) is 8.12. The first kappa shape index (κ1) is 23.9. The van der Waals surface area contributed by atoms with Crippen LogP contribution < -0.4 is 14.8 Å². The van der Waals surface area contributed by atoms with Gasteiger partial charge < -0.3 is 29.7 Å². The summed E-state index contributed by atoms with van der Waals surface area (Å²) < 4.78 is 11.0. The van der Waals surface area contributed by atoms with Crippen molar-refractivity contribution in [3.05, 3.63) is 53.6 Å². The molecule has 0 radical (unpaired) electrons. The Morgan fingerprint density at radius 1 is 0.909 bits per heavy atom. The molecule has 1 aliphatic heterocycles. The zero-order chi connectivity index (χ0) is 23.8. The first-order valence-corrected chi connectivity index (χ1v) is 11.0. The van der Waals surface area contributed by atoms with Crippen LogP contribution in [0.1, 0.15) is 34.6 Å². The number of hydrogen-bond donors (Lipinski definition) is 2. The van der Waals surface area contributed by atoms with Crippen LogP contribution in [-0.2, 0) is 4.79 Å². The van der Waals surface area contributed by atoms with Crippen LogP contribution in [-0.4, -0.2) is 78.6 Å². The summed E-state index contributed by atoms with van der Waals surface area (Å²) >= 11 is 0. The van der Waals surface area contributed by atoms with Crippen LogP contribution in [0.25, 0.3) is 0 Å². The van der Waals surface area contributed by atoms with E-state index in [4.69, 9.17) is 9.47 Å². The van der Waals surface area contributed by atoms with Crippen molar-refractivity contribution < 1.29 is 29.0 Å². The van der Waals surface area contributed by atoms with E-state index < -0.39 is 0 Å². The molecule has 176 valence electrons. The SMILES string of the molecule is CCOc1ccc(C(=O)NCC(=O)N2CCN(C(=O)c3ccccc3O)CC2)cc1OCC. The third kappa shape index (κ3) is 5.94. The second kappa shape index (κ2) is 11.2. The van der Waals surface area contributed by atoms with Gasteiger partial charge >= 0.3 is 0 Å². The molecule has 1 saturated heterocycles.